The summed E-state index contributed by atoms with van der Waals surface area (Å²) >= 11 is 0. The molecule has 21 heavy (non-hydrogen) atoms. The maximum absolute atomic E-state index is 13.2. The summed E-state index contributed by atoms with van der Waals surface area (Å²) in [7, 11) is 0. The number of aryl methyl sites for hydroxylation is 2. The van der Waals surface area contributed by atoms with Crippen LogP contribution in [0.1, 0.15) is 23.9 Å². The standard InChI is InChI=1S/C15H20F2N4/c1-3-21-13(6-10(2)20-21)9-12(19-18)7-11-4-5-14(16)15(17)8-11/h4-6,8,12,19H,3,7,9,18H2,1-2H3. The second-order valence-corrected chi connectivity index (χ2v) is 5.11. The summed E-state index contributed by atoms with van der Waals surface area (Å²) in [6, 6.07) is 5.86. The molecule has 114 valence electrons. The zero-order valence-corrected chi connectivity index (χ0v) is 12.2. The molecule has 0 saturated carbocycles. The van der Waals surface area contributed by atoms with Crippen molar-refractivity contribution in [2.24, 2.45) is 5.84 Å². The summed E-state index contributed by atoms with van der Waals surface area (Å²) in [5.74, 6) is 3.91. The number of nitrogens with two attached hydrogens (primary N) is 1. The fraction of sp³-hybridized carbons (Fsp3) is 0.400. The highest BCUT2D eigenvalue weighted by Crippen LogP contribution is 2.13. The normalized spacial score (nSPS) is 12.6. The van der Waals surface area contributed by atoms with Gasteiger partial charge in [-0.1, -0.05) is 6.07 Å². The number of hydrogen-bond acceptors (Lipinski definition) is 3. The highest BCUT2D eigenvalue weighted by molar-refractivity contribution is 5.20. The van der Waals surface area contributed by atoms with Gasteiger partial charge >= 0.3 is 0 Å². The average Bonchev–Trinajstić information content (AvgIpc) is 2.82. The van der Waals surface area contributed by atoms with Crippen molar-refractivity contribution >= 4 is 0 Å². The molecule has 3 N–H and O–H groups in total. The van der Waals surface area contributed by atoms with Gasteiger partial charge in [0.1, 0.15) is 0 Å². The third-order valence-electron chi connectivity index (χ3n) is 3.44. The van der Waals surface area contributed by atoms with Gasteiger partial charge in [0, 0.05) is 24.7 Å². The minimum absolute atomic E-state index is 0.0729. The predicted molar refractivity (Wildman–Crippen MR) is 77.5 cm³/mol. The van der Waals surface area contributed by atoms with E-state index in [1.807, 2.05) is 24.6 Å². The third kappa shape index (κ3) is 3.86. The van der Waals surface area contributed by atoms with E-state index in [2.05, 4.69) is 10.5 Å². The Bertz CT molecular complexity index is 610. The van der Waals surface area contributed by atoms with Crippen molar-refractivity contribution in [2.45, 2.75) is 39.3 Å². The Morgan fingerprint density at radius 1 is 1.24 bits per heavy atom. The number of nitrogens with one attached hydrogen (secondary N) is 1. The Labute approximate surface area is 122 Å². The molecule has 0 aliphatic rings. The monoisotopic (exact) mass is 294 g/mol. The zero-order valence-electron chi connectivity index (χ0n) is 12.2. The lowest BCUT2D eigenvalue weighted by Gasteiger charge is -2.16. The fourth-order valence-electron chi connectivity index (χ4n) is 2.43. The first-order chi connectivity index (χ1) is 10.0. The highest BCUT2D eigenvalue weighted by atomic mass is 19.2. The van der Waals surface area contributed by atoms with E-state index in [-0.39, 0.29) is 6.04 Å². The topological polar surface area (TPSA) is 55.9 Å². The van der Waals surface area contributed by atoms with Crippen LogP contribution in [0.15, 0.2) is 24.3 Å². The molecule has 0 amide bonds. The number of hydrazine groups is 1. The SMILES string of the molecule is CCn1nc(C)cc1CC(Cc1ccc(F)c(F)c1)NN. The van der Waals surface area contributed by atoms with Crippen LogP contribution in [0.25, 0.3) is 0 Å². The predicted octanol–water partition coefficient (Wildman–Crippen LogP) is 2.11. The van der Waals surface area contributed by atoms with Crippen molar-refractivity contribution in [2.75, 3.05) is 0 Å². The van der Waals surface area contributed by atoms with Gasteiger partial charge in [-0.3, -0.25) is 16.0 Å². The number of halogens is 2. The molecular formula is C15H20F2N4. The van der Waals surface area contributed by atoms with Gasteiger partial charge < -0.3 is 0 Å². The molecule has 1 atom stereocenters. The maximum atomic E-state index is 13.2. The van der Waals surface area contributed by atoms with E-state index in [9.17, 15) is 8.78 Å². The average molecular weight is 294 g/mol. The minimum atomic E-state index is -0.837. The van der Waals surface area contributed by atoms with Crippen LogP contribution in [0.3, 0.4) is 0 Å². The molecule has 0 fully saturated rings. The number of benzene rings is 1. The van der Waals surface area contributed by atoms with Crippen LogP contribution in [0.5, 0.6) is 0 Å². The van der Waals surface area contributed by atoms with Crippen molar-refractivity contribution in [3.05, 3.63) is 52.9 Å². The fourth-order valence-corrected chi connectivity index (χ4v) is 2.43. The molecular weight excluding hydrogens is 274 g/mol. The van der Waals surface area contributed by atoms with Gasteiger partial charge in [0.15, 0.2) is 11.6 Å². The molecule has 1 aromatic heterocycles. The van der Waals surface area contributed by atoms with E-state index in [1.54, 1.807) is 6.07 Å². The van der Waals surface area contributed by atoms with Gasteiger partial charge in [-0.25, -0.2) is 8.78 Å². The third-order valence-corrected chi connectivity index (χ3v) is 3.44. The van der Waals surface area contributed by atoms with Gasteiger partial charge in [0.05, 0.1) is 5.69 Å². The van der Waals surface area contributed by atoms with Crippen LogP contribution in [0.2, 0.25) is 0 Å². The Morgan fingerprint density at radius 2 is 2.00 bits per heavy atom. The van der Waals surface area contributed by atoms with E-state index in [4.69, 9.17) is 5.84 Å². The number of hydrogen-bond donors (Lipinski definition) is 2. The molecule has 0 saturated heterocycles. The molecule has 0 bridgehead atoms. The smallest absolute Gasteiger partial charge is 0.159 e. The van der Waals surface area contributed by atoms with Crippen molar-refractivity contribution in [1.29, 1.82) is 0 Å². The lowest BCUT2D eigenvalue weighted by Crippen LogP contribution is -2.39. The molecule has 1 aromatic carbocycles. The van der Waals surface area contributed by atoms with Crippen molar-refractivity contribution in [3.8, 4) is 0 Å². The van der Waals surface area contributed by atoms with E-state index < -0.39 is 11.6 Å². The molecule has 2 rings (SSSR count). The van der Waals surface area contributed by atoms with E-state index in [0.717, 1.165) is 24.0 Å². The second-order valence-electron chi connectivity index (χ2n) is 5.11. The van der Waals surface area contributed by atoms with E-state index >= 15 is 0 Å². The summed E-state index contributed by atoms with van der Waals surface area (Å²) < 4.78 is 28.1. The maximum Gasteiger partial charge on any atom is 0.159 e. The summed E-state index contributed by atoms with van der Waals surface area (Å²) in [5.41, 5.74) is 5.47. The van der Waals surface area contributed by atoms with Crippen LogP contribution in [-0.2, 0) is 19.4 Å². The minimum Gasteiger partial charge on any atom is -0.271 e. The second kappa shape index (κ2) is 6.78. The van der Waals surface area contributed by atoms with Crippen LogP contribution < -0.4 is 11.3 Å². The van der Waals surface area contributed by atoms with Crippen molar-refractivity contribution in [1.82, 2.24) is 15.2 Å². The molecule has 2 aromatic rings. The first-order valence-electron chi connectivity index (χ1n) is 6.96. The Hall–Kier alpha value is -1.79. The molecule has 1 unspecified atom stereocenters. The first kappa shape index (κ1) is 15.6. The van der Waals surface area contributed by atoms with Gasteiger partial charge in [-0.05, 0) is 44.0 Å². The summed E-state index contributed by atoms with van der Waals surface area (Å²) in [6.07, 6.45) is 1.19. The molecule has 0 aliphatic heterocycles. The van der Waals surface area contributed by atoms with Crippen LogP contribution in [0.4, 0.5) is 8.78 Å². The Morgan fingerprint density at radius 3 is 2.62 bits per heavy atom. The Balaban J connectivity index is 2.10. The molecule has 1 heterocycles. The van der Waals surface area contributed by atoms with Crippen molar-refractivity contribution in [3.63, 3.8) is 0 Å². The Kier molecular flexibility index (Phi) is 5.03. The van der Waals surface area contributed by atoms with Gasteiger partial charge in [0.2, 0.25) is 0 Å². The summed E-state index contributed by atoms with van der Waals surface area (Å²) in [6.45, 7) is 4.75. The lowest BCUT2D eigenvalue weighted by molar-refractivity contribution is 0.487. The molecule has 0 aliphatic carbocycles. The van der Waals surface area contributed by atoms with Crippen LogP contribution in [-0.4, -0.2) is 15.8 Å². The number of rotatable bonds is 6. The molecule has 0 radical (unpaired) electrons. The van der Waals surface area contributed by atoms with Crippen molar-refractivity contribution < 1.29 is 8.78 Å². The molecule has 6 heteroatoms. The first-order valence-corrected chi connectivity index (χ1v) is 6.96. The lowest BCUT2D eigenvalue weighted by atomic mass is 10.0. The summed E-state index contributed by atoms with van der Waals surface area (Å²) in [5, 5.41) is 4.39. The van der Waals surface area contributed by atoms with Gasteiger partial charge in [-0.15, -0.1) is 0 Å². The largest absolute Gasteiger partial charge is 0.271 e. The number of nitrogens with zero attached hydrogens (tertiary/aromatic N) is 2. The van der Waals surface area contributed by atoms with Crippen LogP contribution in [0, 0.1) is 18.6 Å². The quantitative estimate of drug-likeness (QED) is 0.634. The highest BCUT2D eigenvalue weighted by Gasteiger charge is 2.14. The zero-order chi connectivity index (χ0) is 15.4. The van der Waals surface area contributed by atoms with E-state index in [0.29, 0.717) is 18.4 Å². The van der Waals surface area contributed by atoms with Gasteiger partial charge in [0.25, 0.3) is 0 Å². The molecule has 0 spiro atoms. The van der Waals surface area contributed by atoms with Gasteiger partial charge in [-0.2, -0.15) is 5.10 Å². The summed E-state index contributed by atoms with van der Waals surface area (Å²) in [4.78, 5) is 0. The number of aromatic nitrogens is 2. The van der Waals surface area contributed by atoms with E-state index in [1.165, 1.54) is 6.07 Å². The van der Waals surface area contributed by atoms with Crippen LogP contribution >= 0.6 is 0 Å². The molecule has 4 nitrogen and oxygen atoms in total.